The fraction of sp³-hybridized carbons (Fsp3) is 0.364. The minimum absolute atomic E-state index is 0.0834. The van der Waals surface area contributed by atoms with Gasteiger partial charge in [-0.3, -0.25) is 9.63 Å². The Morgan fingerprint density at radius 3 is 2.62 bits per heavy atom. The number of primary amides is 1. The van der Waals surface area contributed by atoms with Gasteiger partial charge in [0, 0.05) is 0 Å². The number of nitrogens with two attached hydrogens (primary N) is 1. The van der Waals surface area contributed by atoms with E-state index in [2.05, 4.69) is 5.48 Å². The number of hydroxylamine groups is 1. The van der Waals surface area contributed by atoms with E-state index in [1.54, 1.807) is 12.1 Å². The van der Waals surface area contributed by atoms with Gasteiger partial charge in [-0.2, -0.15) is 5.48 Å². The second kappa shape index (κ2) is 6.19. The van der Waals surface area contributed by atoms with E-state index in [9.17, 15) is 9.18 Å². The zero-order chi connectivity index (χ0) is 12.0. The molecule has 1 unspecified atom stereocenters. The number of nitrogens with one attached hydrogen (secondary N) is 1. The van der Waals surface area contributed by atoms with Crippen LogP contribution in [0.4, 0.5) is 4.39 Å². The zero-order valence-corrected chi connectivity index (χ0v) is 9.07. The Hall–Kier alpha value is -1.46. The predicted molar refractivity (Wildman–Crippen MR) is 57.7 cm³/mol. The Bertz CT molecular complexity index is 340. The molecule has 1 aromatic rings. The van der Waals surface area contributed by atoms with Crippen LogP contribution in [0.15, 0.2) is 24.3 Å². The van der Waals surface area contributed by atoms with Crippen molar-refractivity contribution in [3.8, 4) is 0 Å². The Morgan fingerprint density at radius 2 is 2.12 bits per heavy atom. The van der Waals surface area contributed by atoms with Crippen LogP contribution in [0.1, 0.15) is 24.9 Å². The van der Waals surface area contributed by atoms with E-state index in [0.717, 1.165) is 12.0 Å². The number of hydrogen-bond acceptors (Lipinski definition) is 3. The lowest BCUT2D eigenvalue weighted by atomic mass is 10.1. The highest BCUT2D eigenvalue weighted by Crippen LogP contribution is 2.16. The SMILES string of the molecule is CCC(NOCC(N)=O)c1ccc(F)cc1. The van der Waals surface area contributed by atoms with Crippen LogP contribution in [0.2, 0.25) is 0 Å². The average molecular weight is 226 g/mol. The van der Waals surface area contributed by atoms with Crippen molar-refractivity contribution in [2.75, 3.05) is 6.61 Å². The molecule has 0 aliphatic heterocycles. The monoisotopic (exact) mass is 226 g/mol. The van der Waals surface area contributed by atoms with Crippen molar-refractivity contribution >= 4 is 5.91 Å². The average Bonchev–Trinajstić information content (AvgIpc) is 2.26. The molecule has 0 heterocycles. The van der Waals surface area contributed by atoms with Gasteiger partial charge in [-0.15, -0.1) is 0 Å². The Labute approximate surface area is 93.5 Å². The van der Waals surface area contributed by atoms with Crippen LogP contribution in [0.25, 0.3) is 0 Å². The van der Waals surface area contributed by atoms with Crippen molar-refractivity contribution in [3.05, 3.63) is 35.6 Å². The van der Waals surface area contributed by atoms with Gasteiger partial charge in [0.25, 0.3) is 0 Å². The van der Waals surface area contributed by atoms with E-state index in [0.29, 0.717) is 0 Å². The van der Waals surface area contributed by atoms with E-state index >= 15 is 0 Å². The first kappa shape index (κ1) is 12.6. The Morgan fingerprint density at radius 1 is 1.50 bits per heavy atom. The van der Waals surface area contributed by atoms with E-state index in [1.807, 2.05) is 6.92 Å². The molecule has 1 aromatic carbocycles. The molecule has 1 rings (SSSR count). The van der Waals surface area contributed by atoms with Gasteiger partial charge in [-0.05, 0) is 24.1 Å². The van der Waals surface area contributed by atoms with Gasteiger partial charge in [0.15, 0.2) is 0 Å². The van der Waals surface area contributed by atoms with E-state index in [1.165, 1.54) is 12.1 Å². The number of carbonyl (C=O) groups is 1. The molecule has 0 saturated heterocycles. The van der Waals surface area contributed by atoms with Crippen molar-refractivity contribution in [2.45, 2.75) is 19.4 Å². The van der Waals surface area contributed by atoms with Crippen LogP contribution < -0.4 is 11.2 Å². The molecule has 0 radical (unpaired) electrons. The minimum Gasteiger partial charge on any atom is -0.368 e. The molecule has 16 heavy (non-hydrogen) atoms. The van der Waals surface area contributed by atoms with Gasteiger partial charge in [0.1, 0.15) is 12.4 Å². The highest BCUT2D eigenvalue weighted by Gasteiger charge is 2.09. The molecule has 0 bridgehead atoms. The molecule has 4 nitrogen and oxygen atoms in total. The second-order valence-corrected chi connectivity index (χ2v) is 3.39. The molecule has 88 valence electrons. The minimum atomic E-state index is -0.540. The van der Waals surface area contributed by atoms with Gasteiger partial charge in [0.05, 0.1) is 6.04 Å². The third-order valence-electron chi connectivity index (χ3n) is 2.12. The van der Waals surface area contributed by atoms with E-state index < -0.39 is 5.91 Å². The summed E-state index contributed by atoms with van der Waals surface area (Å²) in [5.41, 5.74) is 8.54. The van der Waals surface area contributed by atoms with Gasteiger partial charge in [0.2, 0.25) is 5.91 Å². The fourth-order valence-electron chi connectivity index (χ4n) is 1.30. The molecule has 1 atom stereocenters. The lowest BCUT2D eigenvalue weighted by Crippen LogP contribution is -2.27. The number of hydrogen-bond donors (Lipinski definition) is 2. The van der Waals surface area contributed by atoms with Crippen LogP contribution in [-0.4, -0.2) is 12.5 Å². The summed E-state index contributed by atoms with van der Waals surface area (Å²) in [6.45, 7) is 1.77. The number of carbonyl (C=O) groups excluding carboxylic acids is 1. The molecule has 1 amide bonds. The standard InChI is InChI=1S/C11H15FN2O2/c1-2-10(14-16-7-11(13)15)8-3-5-9(12)6-4-8/h3-6,10,14H,2,7H2,1H3,(H2,13,15). The first-order valence-corrected chi connectivity index (χ1v) is 5.04. The molecule has 0 aliphatic carbocycles. The molecule has 5 heteroatoms. The molecule has 3 N–H and O–H groups in total. The summed E-state index contributed by atoms with van der Waals surface area (Å²) in [7, 11) is 0. The summed E-state index contributed by atoms with van der Waals surface area (Å²) in [5, 5.41) is 0. The van der Waals surface area contributed by atoms with Crippen LogP contribution in [0.5, 0.6) is 0 Å². The third-order valence-corrected chi connectivity index (χ3v) is 2.12. The van der Waals surface area contributed by atoms with Gasteiger partial charge >= 0.3 is 0 Å². The van der Waals surface area contributed by atoms with Crippen molar-refractivity contribution in [1.82, 2.24) is 5.48 Å². The molecule has 0 spiro atoms. The van der Waals surface area contributed by atoms with Crippen molar-refractivity contribution < 1.29 is 14.0 Å². The maximum absolute atomic E-state index is 12.7. The van der Waals surface area contributed by atoms with E-state index in [-0.39, 0.29) is 18.5 Å². The second-order valence-electron chi connectivity index (χ2n) is 3.39. The maximum Gasteiger partial charge on any atom is 0.245 e. The Balaban J connectivity index is 2.53. The van der Waals surface area contributed by atoms with Crippen LogP contribution in [0, 0.1) is 5.82 Å². The van der Waals surface area contributed by atoms with Crippen LogP contribution in [0.3, 0.4) is 0 Å². The highest BCUT2D eigenvalue weighted by molar-refractivity contribution is 5.74. The summed E-state index contributed by atoms with van der Waals surface area (Å²) in [4.78, 5) is 15.4. The molecule has 0 fully saturated rings. The molecule has 0 saturated carbocycles. The summed E-state index contributed by atoms with van der Waals surface area (Å²) >= 11 is 0. The first-order chi connectivity index (χ1) is 7.63. The number of rotatable bonds is 6. The lowest BCUT2D eigenvalue weighted by molar-refractivity contribution is -0.126. The predicted octanol–water partition coefficient (Wildman–Crippen LogP) is 1.28. The van der Waals surface area contributed by atoms with Crippen molar-refractivity contribution in [3.63, 3.8) is 0 Å². The van der Waals surface area contributed by atoms with Crippen LogP contribution in [-0.2, 0) is 9.63 Å². The van der Waals surface area contributed by atoms with Crippen LogP contribution >= 0.6 is 0 Å². The summed E-state index contributed by atoms with van der Waals surface area (Å²) in [6.07, 6.45) is 0.754. The highest BCUT2D eigenvalue weighted by atomic mass is 19.1. The quantitative estimate of drug-likeness (QED) is 0.718. The van der Waals surface area contributed by atoms with E-state index in [4.69, 9.17) is 10.6 Å². The normalized spacial score (nSPS) is 12.4. The summed E-state index contributed by atoms with van der Waals surface area (Å²) in [6, 6.07) is 6.02. The fourth-order valence-corrected chi connectivity index (χ4v) is 1.30. The third kappa shape index (κ3) is 3.96. The Kier molecular flexibility index (Phi) is 4.88. The number of benzene rings is 1. The molecule has 0 aromatic heterocycles. The number of amides is 1. The maximum atomic E-state index is 12.7. The van der Waals surface area contributed by atoms with Gasteiger partial charge in [-0.25, -0.2) is 4.39 Å². The zero-order valence-electron chi connectivity index (χ0n) is 9.07. The summed E-state index contributed by atoms with van der Waals surface area (Å²) in [5.74, 6) is -0.821. The topological polar surface area (TPSA) is 64.3 Å². The first-order valence-electron chi connectivity index (χ1n) is 5.04. The van der Waals surface area contributed by atoms with Gasteiger partial charge < -0.3 is 5.73 Å². The largest absolute Gasteiger partial charge is 0.368 e. The lowest BCUT2D eigenvalue weighted by Gasteiger charge is -2.16. The van der Waals surface area contributed by atoms with Crippen molar-refractivity contribution in [2.24, 2.45) is 5.73 Å². The smallest absolute Gasteiger partial charge is 0.245 e. The van der Waals surface area contributed by atoms with Crippen molar-refractivity contribution in [1.29, 1.82) is 0 Å². The summed E-state index contributed by atoms with van der Waals surface area (Å²) < 4.78 is 12.7. The number of halogens is 1. The van der Waals surface area contributed by atoms with Gasteiger partial charge in [-0.1, -0.05) is 19.1 Å². The molecular weight excluding hydrogens is 211 g/mol. The molecule has 0 aliphatic rings. The molecular formula is C11H15FN2O2.